The van der Waals surface area contributed by atoms with Gasteiger partial charge in [-0.1, -0.05) is 0 Å². The maximum Gasteiger partial charge on any atom is 0.267 e. The number of hydrogen-bond acceptors (Lipinski definition) is 3. The highest BCUT2D eigenvalue weighted by Gasteiger charge is 2.27. The van der Waals surface area contributed by atoms with E-state index in [1.165, 1.54) is 0 Å². The van der Waals surface area contributed by atoms with Crippen molar-refractivity contribution in [2.24, 2.45) is 0 Å². The Kier molecular flexibility index (Phi) is 1.26. The Hall–Kier alpha value is -0.130. The highest BCUT2D eigenvalue weighted by atomic mass is 32.2. The second-order valence-corrected chi connectivity index (χ2v) is 3.20. The minimum Gasteiger partial charge on any atom is -0.372 e. The second-order valence-electron chi connectivity index (χ2n) is 1.70. The topological polar surface area (TPSA) is 66.9 Å². The molecule has 0 spiro atoms. The summed E-state index contributed by atoms with van der Waals surface area (Å²) in [6.45, 7) is 0.458. The van der Waals surface area contributed by atoms with Crippen LogP contribution in [-0.4, -0.2) is 31.4 Å². The van der Waals surface area contributed by atoms with Crippen molar-refractivity contribution in [3.05, 3.63) is 0 Å². The standard InChI is InChI=1S/C3H6O4S/c4-8(5,6)2-3-1-7-3/h3H,1-2H2,(H,4,5,6)/t3-/m0/s1. The molecular formula is C3H6O4S. The fraction of sp³-hybridized carbons (Fsp3) is 1.00. The third-order valence-corrected chi connectivity index (χ3v) is 1.59. The molecule has 1 aliphatic rings. The van der Waals surface area contributed by atoms with Gasteiger partial charge < -0.3 is 4.74 Å². The quantitative estimate of drug-likeness (QED) is 0.403. The zero-order valence-corrected chi connectivity index (χ0v) is 4.89. The first-order chi connectivity index (χ1) is 3.58. The Morgan fingerprint density at radius 1 is 1.75 bits per heavy atom. The maximum absolute atomic E-state index is 9.96. The monoisotopic (exact) mass is 138 g/mol. The molecule has 1 N–H and O–H groups in total. The molecular weight excluding hydrogens is 132 g/mol. The predicted octanol–water partition coefficient (Wildman–Crippen LogP) is -0.727. The van der Waals surface area contributed by atoms with Crippen LogP contribution in [0.3, 0.4) is 0 Å². The van der Waals surface area contributed by atoms with E-state index in [1.807, 2.05) is 0 Å². The van der Waals surface area contributed by atoms with E-state index < -0.39 is 10.1 Å². The molecule has 0 unspecified atom stereocenters. The van der Waals surface area contributed by atoms with Crippen molar-refractivity contribution in [1.82, 2.24) is 0 Å². The van der Waals surface area contributed by atoms with Gasteiger partial charge in [-0.15, -0.1) is 0 Å². The summed E-state index contributed by atoms with van der Waals surface area (Å²) < 4.78 is 32.6. The molecule has 0 aromatic heterocycles. The zero-order chi connectivity index (χ0) is 6.20. The predicted molar refractivity (Wildman–Crippen MR) is 26.2 cm³/mol. The van der Waals surface area contributed by atoms with Gasteiger partial charge in [0.2, 0.25) is 0 Å². The lowest BCUT2D eigenvalue weighted by molar-refractivity contribution is 0.413. The van der Waals surface area contributed by atoms with Gasteiger partial charge in [-0.05, 0) is 0 Å². The van der Waals surface area contributed by atoms with Crippen molar-refractivity contribution >= 4 is 10.1 Å². The van der Waals surface area contributed by atoms with Crippen molar-refractivity contribution in [2.75, 3.05) is 12.4 Å². The smallest absolute Gasteiger partial charge is 0.267 e. The highest BCUT2D eigenvalue weighted by Crippen LogP contribution is 2.09. The highest BCUT2D eigenvalue weighted by molar-refractivity contribution is 7.85. The van der Waals surface area contributed by atoms with Gasteiger partial charge in [-0.3, -0.25) is 4.55 Å². The van der Waals surface area contributed by atoms with Gasteiger partial charge in [0.15, 0.2) is 0 Å². The average molecular weight is 138 g/mol. The molecule has 1 fully saturated rings. The number of epoxide rings is 1. The van der Waals surface area contributed by atoms with Gasteiger partial charge in [0.1, 0.15) is 5.75 Å². The summed E-state index contributed by atoms with van der Waals surface area (Å²) in [5.74, 6) is -0.257. The lowest BCUT2D eigenvalue weighted by Crippen LogP contribution is -2.08. The summed E-state index contributed by atoms with van der Waals surface area (Å²) in [5.41, 5.74) is 0. The van der Waals surface area contributed by atoms with Crippen LogP contribution in [0.4, 0.5) is 0 Å². The van der Waals surface area contributed by atoms with E-state index in [2.05, 4.69) is 4.74 Å². The zero-order valence-electron chi connectivity index (χ0n) is 4.07. The van der Waals surface area contributed by atoms with Crippen molar-refractivity contribution in [1.29, 1.82) is 0 Å². The molecule has 1 rings (SSSR count). The van der Waals surface area contributed by atoms with Gasteiger partial charge in [0, 0.05) is 0 Å². The molecule has 5 heteroatoms. The Morgan fingerprint density at radius 3 is 2.38 bits per heavy atom. The molecule has 0 amide bonds. The van der Waals surface area contributed by atoms with Crippen LogP contribution >= 0.6 is 0 Å². The third kappa shape index (κ3) is 2.25. The van der Waals surface area contributed by atoms with Gasteiger partial charge in [-0.2, -0.15) is 8.42 Å². The lowest BCUT2D eigenvalue weighted by atomic mass is 10.6. The third-order valence-electron chi connectivity index (χ3n) is 0.799. The van der Waals surface area contributed by atoms with E-state index >= 15 is 0 Å². The minimum atomic E-state index is -3.79. The second kappa shape index (κ2) is 1.68. The van der Waals surface area contributed by atoms with Gasteiger partial charge in [0.25, 0.3) is 10.1 Å². The summed E-state index contributed by atoms with van der Waals surface area (Å²) in [4.78, 5) is 0. The molecule has 0 radical (unpaired) electrons. The lowest BCUT2D eigenvalue weighted by Gasteiger charge is -1.86. The molecule has 4 nitrogen and oxygen atoms in total. The Balaban J connectivity index is 2.38. The first kappa shape index (κ1) is 6.00. The largest absolute Gasteiger partial charge is 0.372 e. The summed E-state index contributed by atoms with van der Waals surface area (Å²) >= 11 is 0. The molecule has 0 bridgehead atoms. The Labute approximate surface area is 47.2 Å². The number of ether oxygens (including phenoxy) is 1. The first-order valence-corrected chi connectivity index (χ1v) is 3.75. The SMILES string of the molecule is O=S(=O)(O)C[C@@H]1CO1. The van der Waals surface area contributed by atoms with E-state index in [-0.39, 0.29) is 11.9 Å². The normalized spacial score (nSPS) is 27.9. The van der Waals surface area contributed by atoms with Crippen molar-refractivity contribution in [2.45, 2.75) is 6.10 Å². The number of hydrogen-bond donors (Lipinski definition) is 1. The Bertz CT molecular complexity index is 166. The summed E-state index contributed by atoms with van der Waals surface area (Å²) in [6, 6.07) is 0. The van der Waals surface area contributed by atoms with E-state index in [1.54, 1.807) is 0 Å². The fourth-order valence-corrected chi connectivity index (χ4v) is 1.06. The molecule has 8 heavy (non-hydrogen) atoms. The molecule has 1 heterocycles. The van der Waals surface area contributed by atoms with E-state index in [0.29, 0.717) is 6.61 Å². The molecule has 1 aliphatic heterocycles. The van der Waals surface area contributed by atoms with Crippen molar-refractivity contribution in [3.8, 4) is 0 Å². The molecule has 1 saturated heterocycles. The van der Waals surface area contributed by atoms with Crippen LogP contribution in [-0.2, 0) is 14.9 Å². The van der Waals surface area contributed by atoms with Crippen molar-refractivity contribution in [3.63, 3.8) is 0 Å². The van der Waals surface area contributed by atoms with Crippen LogP contribution in [0, 0.1) is 0 Å². The molecule has 0 aromatic carbocycles. The first-order valence-electron chi connectivity index (χ1n) is 2.15. The molecule has 1 atom stereocenters. The van der Waals surface area contributed by atoms with Crippen LogP contribution in [0.2, 0.25) is 0 Å². The van der Waals surface area contributed by atoms with Crippen LogP contribution in [0.5, 0.6) is 0 Å². The van der Waals surface area contributed by atoms with E-state index in [4.69, 9.17) is 4.55 Å². The van der Waals surface area contributed by atoms with Gasteiger partial charge in [-0.25, -0.2) is 0 Å². The van der Waals surface area contributed by atoms with Crippen LogP contribution in [0.25, 0.3) is 0 Å². The van der Waals surface area contributed by atoms with Gasteiger partial charge in [0.05, 0.1) is 12.7 Å². The average Bonchev–Trinajstić information content (AvgIpc) is 2.12. The molecule has 0 aliphatic carbocycles. The van der Waals surface area contributed by atoms with Crippen LogP contribution in [0.15, 0.2) is 0 Å². The van der Waals surface area contributed by atoms with E-state index in [9.17, 15) is 8.42 Å². The van der Waals surface area contributed by atoms with Crippen molar-refractivity contribution < 1.29 is 17.7 Å². The molecule has 0 saturated carbocycles. The fourth-order valence-electron chi connectivity index (χ4n) is 0.399. The summed E-state index contributed by atoms with van der Waals surface area (Å²) in [7, 11) is -3.79. The maximum atomic E-state index is 9.96. The molecule has 0 aromatic rings. The molecule has 48 valence electrons. The summed E-state index contributed by atoms with van der Waals surface area (Å²) in [5, 5.41) is 0. The van der Waals surface area contributed by atoms with E-state index in [0.717, 1.165) is 0 Å². The summed E-state index contributed by atoms with van der Waals surface area (Å²) in [6.07, 6.45) is -0.245. The Morgan fingerprint density at radius 2 is 2.25 bits per heavy atom. The van der Waals surface area contributed by atoms with Gasteiger partial charge >= 0.3 is 0 Å². The van der Waals surface area contributed by atoms with Crippen LogP contribution in [0.1, 0.15) is 0 Å². The minimum absolute atomic E-state index is 0.245. The van der Waals surface area contributed by atoms with Crippen LogP contribution < -0.4 is 0 Å². The number of rotatable bonds is 2.